The fourth-order valence-corrected chi connectivity index (χ4v) is 1.14. The minimum Gasteiger partial charge on any atom is -0.399 e. The zero-order valence-electron chi connectivity index (χ0n) is 7.99. The predicted molar refractivity (Wildman–Crippen MR) is 54.2 cm³/mol. The van der Waals surface area contributed by atoms with Crippen LogP contribution in [0.15, 0.2) is 18.2 Å². The molecule has 0 saturated heterocycles. The third kappa shape index (κ3) is 2.20. The van der Waals surface area contributed by atoms with E-state index in [9.17, 15) is 5.11 Å². The number of aryl methyl sites for hydroxylation is 1. The molecule has 2 atom stereocenters. The van der Waals surface area contributed by atoms with Gasteiger partial charge < -0.3 is 16.6 Å². The van der Waals surface area contributed by atoms with Gasteiger partial charge >= 0.3 is 0 Å². The summed E-state index contributed by atoms with van der Waals surface area (Å²) in [7, 11) is 0. The molecule has 72 valence electrons. The van der Waals surface area contributed by atoms with Crippen LogP contribution in [0.25, 0.3) is 0 Å². The molecule has 1 aromatic rings. The van der Waals surface area contributed by atoms with Crippen molar-refractivity contribution in [2.24, 2.45) is 5.73 Å². The Hall–Kier alpha value is -1.06. The Balaban J connectivity index is 2.97. The van der Waals surface area contributed by atoms with Crippen LogP contribution in [0.5, 0.6) is 0 Å². The lowest BCUT2D eigenvalue weighted by atomic mass is 10.0. The predicted octanol–water partition coefficient (Wildman–Crippen LogP) is 0.958. The SMILES string of the molecule is Cc1ccc([C@@H](N)[C@H](C)O)cc1N. The van der Waals surface area contributed by atoms with Gasteiger partial charge in [0, 0.05) is 5.69 Å². The summed E-state index contributed by atoms with van der Waals surface area (Å²) < 4.78 is 0. The van der Waals surface area contributed by atoms with Crippen LogP contribution in [0.4, 0.5) is 5.69 Å². The average molecular weight is 180 g/mol. The second-order valence-electron chi connectivity index (χ2n) is 3.38. The maximum atomic E-state index is 9.27. The van der Waals surface area contributed by atoms with Crippen molar-refractivity contribution >= 4 is 5.69 Å². The number of nitrogen functional groups attached to an aromatic ring is 1. The molecule has 0 aliphatic rings. The van der Waals surface area contributed by atoms with Gasteiger partial charge in [-0.2, -0.15) is 0 Å². The number of hydrogen-bond acceptors (Lipinski definition) is 3. The maximum Gasteiger partial charge on any atom is 0.0704 e. The van der Waals surface area contributed by atoms with E-state index in [1.165, 1.54) is 0 Å². The number of nitrogens with two attached hydrogens (primary N) is 2. The highest BCUT2D eigenvalue weighted by Gasteiger charge is 2.12. The van der Waals surface area contributed by atoms with Gasteiger partial charge in [-0.05, 0) is 31.0 Å². The van der Waals surface area contributed by atoms with Crippen molar-refractivity contribution in [2.75, 3.05) is 5.73 Å². The Morgan fingerprint density at radius 3 is 2.46 bits per heavy atom. The molecule has 0 heterocycles. The summed E-state index contributed by atoms with van der Waals surface area (Å²) in [6, 6.07) is 5.26. The van der Waals surface area contributed by atoms with Crippen molar-refractivity contribution in [1.29, 1.82) is 0 Å². The van der Waals surface area contributed by atoms with Gasteiger partial charge in [0.1, 0.15) is 0 Å². The molecule has 0 spiro atoms. The molecule has 0 radical (unpaired) electrons. The summed E-state index contributed by atoms with van der Waals surface area (Å²) in [4.78, 5) is 0. The first-order valence-electron chi connectivity index (χ1n) is 4.32. The highest BCUT2D eigenvalue weighted by atomic mass is 16.3. The second-order valence-corrected chi connectivity index (χ2v) is 3.38. The van der Waals surface area contributed by atoms with E-state index in [1.54, 1.807) is 6.92 Å². The number of aliphatic hydroxyl groups excluding tert-OH is 1. The van der Waals surface area contributed by atoms with E-state index in [-0.39, 0.29) is 6.04 Å². The van der Waals surface area contributed by atoms with Gasteiger partial charge in [0.2, 0.25) is 0 Å². The smallest absolute Gasteiger partial charge is 0.0704 e. The summed E-state index contributed by atoms with van der Waals surface area (Å²) in [5.41, 5.74) is 14.1. The summed E-state index contributed by atoms with van der Waals surface area (Å²) in [6.07, 6.45) is -0.554. The van der Waals surface area contributed by atoms with E-state index in [4.69, 9.17) is 11.5 Å². The summed E-state index contributed by atoms with van der Waals surface area (Å²) >= 11 is 0. The van der Waals surface area contributed by atoms with Crippen molar-refractivity contribution in [2.45, 2.75) is 26.0 Å². The first-order valence-corrected chi connectivity index (χ1v) is 4.32. The van der Waals surface area contributed by atoms with Crippen molar-refractivity contribution in [3.63, 3.8) is 0 Å². The average Bonchev–Trinajstić information content (AvgIpc) is 2.08. The Bertz CT molecular complexity index is 297. The molecule has 5 N–H and O–H groups in total. The molecule has 0 aromatic heterocycles. The fourth-order valence-electron chi connectivity index (χ4n) is 1.14. The number of benzene rings is 1. The molecular formula is C10H16N2O. The van der Waals surface area contributed by atoms with Gasteiger partial charge in [0.05, 0.1) is 12.1 Å². The van der Waals surface area contributed by atoms with Gasteiger partial charge in [-0.1, -0.05) is 12.1 Å². The Morgan fingerprint density at radius 1 is 1.38 bits per heavy atom. The summed E-state index contributed by atoms with van der Waals surface area (Å²) in [6.45, 7) is 3.60. The van der Waals surface area contributed by atoms with E-state index in [0.717, 1.165) is 11.1 Å². The second kappa shape index (κ2) is 3.77. The van der Waals surface area contributed by atoms with Crippen molar-refractivity contribution in [3.8, 4) is 0 Å². The lowest BCUT2D eigenvalue weighted by Gasteiger charge is -2.15. The zero-order chi connectivity index (χ0) is 10.0. The highest BCUT2D eigenvalue weighted by Crippen LogP contribution is 2.19. The normalized spacial score (nSPS) is 15.4. The monoisotopic (exact) mass is 180 g/mol. The van der Waals surface area contributed by atoms with Gasteiger partial charge in [-0.3, -0.25) is 0 Å². The van der Waals surface area contributed by atoms with Crippen LogP contribution in [0.1, 0.15) is 24.1 Å². The molecule has 3 nitrogen and oxygen atoms in total. The first kappa shape index (κ1) is 10.0. The molecule has 0 bridgehead atoms. The van der Waals surface area contributed by atoms with E-state index >= 15 is 0 Å². The Labute approximate surface area is 78.4 Å². The standard InChI is InChI=1S/C10H16N2O/c1-6-3-4-8(5-9(6)11)10(12)7(2)13/h3-5,7,10,13H,11-12H2,1-2H3/t7-,10-/m0/s1. The number of anilines is 1. The van der Waals surface area contributed by atoms with Gasteiger partial charge in [-0.15, -0.1) is 0 Å². The maximum absolute atomic E-state index is 9.27. The van der Waals surface area contributed by atoms with Crippen LogP contribution in [0.2, 0.25) is 0 Å². The Kier molecular flexibility index (Phi) is 2.90. The lowest BCUT2D eigenvalue weighted by molar-refractivity contribution is 0.164. The van der Waals surface area contributed by atoms with Gasteiger partial charge in [0.15, 0.2) is 0 Å². The first-order chi connectivity index (χ1) is 6.02. The van der Waals surface area contributed by atoms with Crippen LogP contribution >= 0.6 is 0 Å². The number of rotatable bonds is 2. The third-order valence-corrected chi connectivity index (χ3v) is 2.21. The Morgan fingerprint density at radius 2 is 2.00 bits per heavy atom. The van der Waals surface area contributed by atoms with Crippen LogP contribution in [-0.2, 0) is 0 Å². The minimum atomic E-state index is -0.554. The summed E-state index contributed by atoms with van der Waals surface area (Å²) in [5, 5.41) is 9.27. The molecule has 1 rings (SSSR count). The van der Waals surface area contributed by atoms with Crippen molar-refractivity contribution in [3.05, 3.63) is 29.3 Å². The summed E-state index contributed by atoms with van der Waals surface area (Å²) in [5.74, 6) is 0. The largest absolute Gasteiger partial charge is 0.399 e. The third-order valence-electron chi connectivity index (χ3n) is 2.21. The highest BCUT2D eigenvalue weighted by molar-refractivity contribution is 5.49. The van der Waals surface area contributed by atoms with Gasteiger partial charge in [-0.25, -0.2) is 0 Å². The minimum absolute atomic E-state index is 0.358. The molecule has 0 saturated carbocycles. The molecule has 0 unspecified atom stereocenters. The topological polar surface area (TPSA) is 72.3 Å². The van der Waals surface area contributed by atoms with Gasteiger partial charge in [0.25, 0.3) is 0 Å². The van der Waals surface area contributed by atoms with E-state index in [2.05, 4.69) is 0 Å². The number of hydrogen-bond donors (Lipinski definition) is 3. The molecule has 0 aliphatic carbocycles. The van der Waals surface area contributed by atoms with Crippen LogP contribution in [0.3, 0.4) is 0 Å². The molecule has 13 heavy (non-hydrogen) atoms. The van der Waals surface area contributed by atoms with Crippen LogP contribution in [0, 0.1) is 6.92 Å². The van der Waals surface area contributed by atoms with Crippen LogP contribution < -0.4 is 11.5 Å². The fraction of sp³-hybridized carbons (Fsp3) is 0.400. The van der Waals surface area contributed by atoms with Crippen molar-refractivity contribution in [1.82, 2.24) is 0 Å². The lowest BCUT2D eigenvalue weighted by Crippen LogP contribution is -2.23. The molecule has 3 heteroatoms. The molecule has 1 aromatic carbocycles. The van der Waals surface area contributed by atoms with E-state index in [0.29, 0.717) is 5.69 Å². The molecule has 0 fully saturated rings. The molecule has 0 amide bonds. The molecule has 0 aliphatic heterocycles. The van der Waals surface area contributed by atoms with Crippen molar-refractivity contribution < 1.29 is 5.11 Å². The van der Waals surface area contributed by atoms with E-state index < -0.39 is 6.10 Å². The molecular weight excluding hydrogens is 164 g/mol. The number of aliphatic hydroxyl groups is 1. The van der Waals surface area contributed by atoms with Crippen LogP contribution in [-0.4, -0.2) is 11.2 Å². The zero-order valence-corrected chi connectivity index (χ0v) is 7.99. The quantitative estimate of drug-likeness (QED) is 0.593. The van der Waals surface area contributed by atoms with E-state index in [1.807, 2.05) is 25.1 Å².